The number of rotatable bonds is 3. The Labute approximate surface area is 85.9 Å². The van der Waals surface area contributed by atoms with Crippen LogP contribution in [0, 0.1) is 0 Å². The van der Waals surface area contributed by atoms with Crippen LogP contribution in [0.4, 0.5) is 4.39 Å². The second kappa shape index (κ2) is 4.58. The molecule has 2 atom stereocenters. The maximum atomic E-state index is 13.3. The molecule has 14 heavy (non-hydrogen) atoms. The van der Waals surface area contributed by atoms with Crippen molar-refractivity contribution in [1.82, 2.24) is 10.2 Å². The normalized spacial score (nSPS) is 34.5. The summed E-state index contributed by atoms with van der Waals surface area (Å²) in [5.41, 5.74) is 0. The lowest BCUT2D eigenvalue weighted by molar-refractivity contribution is 0.189. The van der Waals surface area contributed by atoms with Crippen molar-refractivity contribution in [3.63, 3.8) is 0 Å². The molecule has 0 radical (unpaired) electrons. The maximum absolute atomic E-state index is 13.3. The molecule has 0 amide bonds. The van der Waals surface area contributed by atoms with Crippen LogP contribution >= 0.6 is 0 Å². The number of likely N-dealkylation sites (N-methyl/N-ethyl adjacent to an activating group) is 1. The third-order valence-corrected chi connectivity index (χ3v) is 3.70. The average molecular weight is 200 g/mol. The topological polar surface area (TPSA) is 15.3 Å². The second-order valence-electron chi connectivity index (χ2n) is 4.74. The summed E-state index contributed by atoms with van der Waals surface area (Å²) in [4.78, 5) is 2.35. The van der Waals surface area contributed by atoms with E-state index in [1.807, 2.05) is 0 Å². The molecule has 3 heteroatoms. The molecule has 1 aliphatic carbocycles. The van der Waals surface area contributed by atoms with Gasteiger partial charge >= 0.3 is 0 Å². The van der Waals surface area contributed by atoms with E-state index in [4.69, 9.17) is 0 Å². The van der Waals surface area contributed by atoms with Crippen LogP contribution in [0.25, 0.3) is 0 Å². The van der Waals surface area contributed by atoms with Gasteiger partial charge in [-0.1, -0.05) is 12.8 Å². The fourth-order valence-electron chi connectivity index (χ4n) is 2.72. The molecule has 0 aromatic rings. The Morgan fingerprint density at radius 2 is 2.00 bits per heavy atom. The minimum absolute atomic E-state index is 0.0839. The van der Waals surface area contributed by atoms with Gasteiger partial charge in [0, 0.05) is 12.6 Å². The molecule has 2 nitrogen and oxygen atoms in total. The predicted molar refractivity (Wildman–Crippen MR) is 56.2 cm³/mol. The number of alkyl halides is 1. The van der Waals surface area contributed by atoms with Crippen molar-refractivity contribution in [2.45, 2.75) is 50.4 Å². The molecule has 0 aromatic carbocycles. The van der Waals surface area contributed by atoms with E-state index in [0.29, 0.717) is 12.5 Å². The fraction of sp³-hybridized carbons (Fsp3) is 1.00. The summed E-state index contributed by atoms with van der Waals surface area (Å²) >= 11 is 0. The SMILES string of the molecule is CN(CC1NCCC1F)C1CCCC1. The minimum atomic E-state index is -0.626. The van der Waals surface area contributed by atoms with E-state index >= 15 is 0 Å². The van der Waals surface area contributed by atoms with Gasteiger partial charge in [0.25, 0.3) is 0 Å². The molecule has 2 aliphatic rings. The predicted octanol–water partition coefficient (Wildman–Crippen LogP) is 1.56. The quantitative estimate of drug-likeness (QED) is 0.744. The van der Waals surface area contributed by atoms with Crippen molar-refractivity contribution in [1.29, 1.82) is 0 Å². The molecule has 2 rings (SSSR count). The van der Waals surface area contributed by atoms with Gasteiger partial charge in [-0.15, -0.1) is 0 Å². The molecular formula is C11H21FN2. The Balaban J connectivity index is 1.78. The average Bonchev–Trinajstić information content (AvgIpc) is 2.77. The number of hydrogen-bond acceptors (Lipinski definition) is 2. The van der Waals surface area contributed by atoms with E-state index in [2.05, 4.69) is 17.3 Å². The van der Waals surface area contributed by atoms with Crippen molar-refractivity contribution in [3.05, 3.63) is 0 Å². The highest BCUT2D eigenvalue weighted by atomic mass is 19.1. The summed E-state index contributed by atoms with van der Waals surface area (Å²) in [6, 6.07) is 0.796. The second-order valence-corrected chi connectivity index (χ2v) is 4.74. The van der Waals surface area contributed by atoms with Crippen LogP contribution in [0.5, 0.6) is 0 Å². The van der Waals surface area contributed by atoms with Crippen molar-refractivity contribution >= 4 is 0 Å². The molecule has 1 saturated carbocycles. The Hall–Kier alpha value is -0.150. The van der Waals surface area contributed by atoms with E-state index in [9.17, 15) is 4.39 Å². The first-order valence-corrected chi connectivity index (χ1v) is 5.85. The smallest absolute Gasteiger partial charge is 0.118 e. The zero-order valence-electron chi connectivity index (χ0n) is 9.01. The Morgan fingerprint density at radius 3 is 2.57 bits per heavy atom. The molecule has 2 unspecified atom stereocenters. The first-order chi connectivity index (χ1) is 6.77. The first-order valence-electron chi connectivity index (χ1n) is 5.85. The van der Waals surface area contributed by atoms with Gasteiger partial charge in [-0.2, -0.15) is 0 Å². The first kappa shape index (κ1) is 10.4. The van der Waals surface area contributed by atoms with Gasteiger partial charge in [-0.3, -0.25) is 0 Å². The Morgan fingerprint density at radius 1 is 1.29 bits per heavy atom. The summed E-state index contributed by atoms with van der Waals surface area (Å²) in [6.07, 6.45) is 5.39. The van der Waals surface area contributed by atoms with Gasteiger partial charge in [0.05, 0.1) is 6.04 Å². The van der Waals surface area contributed by atoms with E-state index in [1.54, 1.807) is 0 Å². The minimum Gasteiger partial charge on any atom is -0.310 e. The van der Waals surface area contributed by atoms with Crippen LogP contribution in [-0.2, 0) is 0 Å². The number of nitrogens with zero attached hydrogens (tertiary/aromatic N) is 1. The van der Waals surface area contributed by atoms with E-state index in [1.165, 1.54) is 25.7 Å². The monoisotopic (exact) mass is 200 g/mol. The number of hydrogen-bond donors (Lipinski definition) is 1. The summed E-state index contributed by atoms with van der Waals surface area (Å²) < 4.78 is 13.3. The summed E-state index contributed by atoms with van der Waals surface area (Å²) in [7, 11) is 2.14. The van der Waals surface area contributed by atoms with Crippen molar-refractivity contribution < 1.29 is 4.39 Å². The highest BCUT2D eigenvalue weighted by Crippen LogP contribution is 2.23. The molecule has 0 aromatic heterocycles. The fourth-order valence-corrected chi connectivity index (χ4v) is 2.72. The Kier molecular flexibility index (Phi) is 3.39. The number of halogens is 1. The van der Waals surface area contributed by atoms with Crippen LogP contribution in [0.1, 0.15) is 32.1 Å². The zero-order valence-corrected chi connectivity index (χ0v) is 9.01. The lowest BCUT2D eigenvalue weighted by Crippen LogP contribution is -2.43. The van der Waals surface area contributed by atoms with Gasteiger partial charge in [0.1, 0.15) is 6.17 Å². The lowest BCUT2D eigenvalue weighted by atomic mass is 10.1. The molecule has 1 N–H and O–H groups in total. The number of nitrogens with one attached hydrogen (secondary N) is 1. The molecule has 82 valence electrons. The summed E-state index contributed by atoms with van der Waals surface area (Å²) in [5, 5.41) is 3.24. The molecule has 2 fully saturated rings. The maximum Gasteiger partial charge on any atom is 0.118 e. The zero-order chi connectivity index (χ0) is 9.97. The summed E-state index contributed by atoms with van der Waals surface area (Å²) in [6.45, 7) is 1.73. The van der Waals surface area contributed by atoms with Crippen LogP contribution in [-0.4, -0.2) is 43.3 Å². The van der Waals surface area contributed by atoms with Gasteiger partial charge in [0.15, 0.2) is 0 Å². The van der Waals surface area contributed by atoms with Gasteiger partial charge in [-0.05, 0) is 32.9 Å². The van der Waals surface area contributed by atoms with Crippen molar-refractivity contribution in [2.24, 2.45) is 0 Å². The van der Waals surface area contributed by atoms with Crippen molar-refractivity contribution in [2.75, 3.05) is 20.1 Å². The molecule has 0 bridgehead atoms. The van der Waals surface area contributed by atoms with E-state index in [-0.39, 0.29) is 6.04 Å². The third kappa shape index (κ3) is 2.26. The highest BCUT2D eigenvalue weighted by molar-refractivity contribution is 4.87. The van der Waals surface area contributed by atoms with E-state index < -0.39 is 6.17 Å². The third-order valence-electron chi connectivity index (χ3n) is 3.70. The van der Waals surface area contributed by atoms with Crippen LogP contribution in [0.2, 0.25) is 0 Å². The lowest BCUT2D eigenvalue weighted by Gasteiger charge is -2.27. The molecule has 1 heterocycles. The van der Waals surface area contributed by atoms with Crippen molar-refractivity contribution in [3.8, 4) is 0 Å². The molecule has 0 spiro atoms. The molecular weight excluding hydrogens is 179 g/mol. The van der Waals surface area contributed by atoms with Gasteiger partial charge in [-0.25, -0.2) is 4.39 Å². The van der Waals surface area contributed by atoms with Crippen LogP contribution < -0.4 is 5.32 Å². The molecule has 1 aliphatic heterocycles. The van der Waals surface area contributed by atoms with Gasteiger partial charge < -0.3 is 10.2 Å². The highest BCUT2D eigenvalue weighted by Gasteiger charge is 2.29. The standard InChI is InChI=1S/C11H21FN2/c1-14(9-4-2-3-5-9)8-11-10(12)6-7-13-11/h9-11,13H,2-8H2,1H3. The largest absolute Gasteiger partial charge is 0.310 e. The van der Waals surface area contributed by atoms with Gasteiger partial charge in [0.2, 0.25) is 0 Å². The molecule has 1 saturated heterocycles. The Bertz CT molecular complexity index is 180. The van der Waals surface area contributed by atoms with Crippen LogP contribution in [0.3, 0.4) is 0 Å². The summed E-state index contributed by atoms with van der Waals surface area (Å²) in [5.74, 6) is 0. The van der Waals surface area contributed by atoms with E-state index in [0.717, 1.165) is 13.1 Å². The van der Waals surface area contributed by atoms with Crippen LogP contribution in [0.15, 0.2) is 0 Å².